The van der Waals surface area contributed by atoms with E-state index in [4.69, 9.17) is 21.4 Å². The molecule has 0 aliphatic carbocycles. The number of aliphatic hydroxyl groups is 1. The molecular weight excluding hydrogens is 172 g/mol. The fourth-order valence-electron chi connectivity index (χ4n) is 0.359. The fraction of sp³-hybridized carbons (Fsp3) is 0.833. The Morgan fingerprint density at radius 2 is 2.36 bits per heavy atom. The number of halogens is 1. The van der Waals surface area contributed by atoms with Gasteiger partial charge in [-0.1, -0.05) is 0 Å². The van der Waals surface area contributed by atoms with E-state index in [0.29, 0.717) is 0 Å². The number of ether oxygens (including phenoxy) is 2. The maximum Gasteiger partial charge on any atom is 0.304 e. The normalized spacial score (nSPS) is 12.6. The molecule has 0 radical (unpaired) electrons. The first-order valence-corrected chi connectivity index (χ1v) is 3.66. The van der Waals surface area contributed by atoms with Crippen molar-refractivity contribution in [2.24, 2.45) is 0 Å². The van der Waals surface area contributed by atoms with E-state index in [1.54, 1.807) is 0 Å². The number of alkyl halides is 1. The van der Waals surface area contributed by atoms with Gasteiger partial charge in [-0.15, -0.1) is 11.6 Å². The summed E-state index contributed by atoms with van der Waals surface area (Å²) in [5.41, 5.74) is 0. The second-order valence-corrected chi connectivity index (χ2v) is 2.19. The minimum absolute atomic E-state index is 0.159. The van der Waals surface area contributed by atoms with Crippen LogP contribution < -0.4 is 0 Å². The average Bonchev–Trinajstić information content (AvgIpc) is 1.98. The van der Waals surface area contributed by atoms with Crippen LogP contribution in [0.15, 0.2) is 0 Å². The van der Waals surface area contributed by atoms with Crippen molar-refractivity contribution in [3.05, 3.63) is 0 Å². The molecule has 0 fully saturated rings. The molecule has 0 rings (SSSR count). The number of hydrogen-bond donors (Lipinski definition) is 1. The van der Waals surface area contributed by atoms with Crippen LogP contribution in [0.25, 0.3) is 0 Å². The van der Waals surface area contributed by atoms with Crippen molar-refractivity contribution in [1.82, 2.24) is 0 Å². The van der Waals surface area contributed by atoms with E-state index in [1.807, 2.05) is 0 Å². The fourth-order valence-corrected chi connectivity index (χ4v) is 0.546. The third-order valence-electron chi connectivity index (χ3n) is 0.942. The lowest BCUT2D eigenvalue weighted by Gasteiger charge is -2.10. The number of carbonyl (C=O) groups is 1. The summed E-state index contributed by atoms with van der Waals surface area (Å²) in [6.45, 7) is 0.941. The molecule has 0 aromatic rings. The van der Waals surface area contributed by atoms with Crippen LogP contribution in [0, 0.1) is 0 Å². The van der Waals surface area contributed by atoms with Crippen molar-refractivity contribution < 1.29 is 19.4 Å². The van der Waals surface area contributed by atoms with Crippen LogP contribution in [-0.4, -0.2) is 36.5 Å². The van der Waals surface area contributed by atoms with Crippen molar-refractivity contribution >= 4 is 17.6 Å². The van der Waals surface area contributed by atoms with Gasteiger partial charge in [-0.25, -0.2) is 0 Å². The quantitative estimate of drug-likeness (QED) is 0.373. The molecule has 66 valence electrons. The molecule has 0 heterocycles. The van der Waals surface area contributed by atoms with Gasteiger partial charge in [0.05, 0.1) is 18.6 Å². The van der Waals surface area contributed by atoms with E-state index in [1.165, 1.54) is 6.92 Å². The van der Waals surface area contributed by atoms with Crippen molar-refractivity contribution in [2.75, 3.05) is 19.3 Å². The SMILES string of the molecule is CC(=O)OCOC(CO)CCl. The molecule has 5 heteroatoms. The second-order valence-electron chi connectivity index (χ2n) is 1.88. The van der Waals surface area contributed by atoms with Crippen molar-refractivity contribution in [2.45, 2.75) is 13.0 Å². The molecule has 0 aliphatic rings. The minimum Gasteiger partial charge on any atom is -0.439 e. The zero-order valence-electron chi connectivity index (χ0n) is 6.25. The van der Waals surface area contributed by atoms with Crippen molar-refractivity contribution in [3.8, 4) is 0 Å². The monoisotopic (exact) mass is 182 g/mol. The van der Waals surface area contributed by atoms with E-state index < -0.39 is 12.1 Å². The predicted octanol–water partition coefficient (Wildman–Crippen LogP) is 0.123. The van der Waals surface area contributed by atoms with Crippen LogP contribution in [0.2, 0.25) is 0 Å². The van der Waals surface area contributed by atoms with E-state index in [9.17, 15) is 4.79 Å². The highest BCUT2D eigenvalue weighted by Gasteiger charge is 2.05. The summed E-state index contributed by atoms with van der Waals surface area (Å²) in [6, 6.07) is 0. The molecule has 0 aromatic heterocycles. The van der Waals surface area contributed by atoms with Gasteiger partial charge in [-0.2, -0.15) is 0 Å². The highest BCUT2D eigenvalue weighted by atomic mass is 35.5. The lowest BCUT2D eigenvalue weighted by Crippen LogP contribution is -2.21. The van der Waals surface area contributed by atoms with Gasteiger partial charge in [-0.05, 0) is 0 Å². The van der Waals surface area contributed by atoms with E-state index in [-0.39, 0.29) is 19.3 Å². The molecule has 0 saturated carbocycles. The maximum absolute atomic E-state index is 10.2. The third-order valence-corrected chi connectivity index (χ3v) is 1.29. The van der Waals surface area contributed by atoms with E-state index >= 15 is 0 Å². The molecule has 0 aliphatic heterocycles. The summed E-state index contributed by atoms with van der Waals surface area (Å²) in [6.07, 6.45) is -0.462. The lowest BCUT2D eigenvalue weighted by atomic mass is 10.4. The van der Waals surface area contributed by atoms with E-state index in [0.717, 1.165) is 0 Å². The second kappa shape index (κ2) is 6.39. The first-order valence-electron chi connectivity index (χ1n) is 3.12. The van der Waals surface area contributed by atoms with Gasteiger partial charge in [0.1, 0.15) is 0 Å². The van der Waals surface area contributed by atoms with Gasteiger partial charge in [0.15, 0.2) is 6.79 Å². The summed E-state index contributed by atoms with van der Waals surface area (Å²) in [7, 11) is 0. The standard InChI is InChI=1S/C6H11ClO4/c1-5(9)10-4-11-6(2-7)3-8/h6,8H,2-4H2,1H3. The highest BCUT2D eigenvalue weighted by Crippen LogP contribution is 1.94. The van der Waals surface area contributed by atoms with Crippen molar-refractivity contribution in [3.63, 3.8) is 0 Å². The Balaban J connectivity index is 3.28. The third kappa shape index (κ3) is 6.09. The van der Waals surface area contributed by atoms with E-state index in [2.05, 4.69) is 4.74 Å². The predicted molar refractivity (Wildman–Crippen MR) is 39.3 cm³/mol. The molecular formula is C6H11ClO4. The van der Waals surface area contributed by atoms with Gasteiger partial charge >= 0.3 is 5.97 Å². The largest absolute Gasteiger partial charge is 0.439 e. The Labute approximate surface area is 70.1 Å². The van der Waals surface area contributed by atoms with Gasteiger partial charge < -0.3 is 14.6 Å². The van der Waals surface area contributed by atoms with Crippen LogP contribution in [0.3, 0.4) is 0 Å². The minimum atomic E-state index is -0.462. The van der Waals surface area contributed by atoms with Gasteiger partial charge in [-0.3, -0.25) is 4.79 Å². The van der Waals surface area contributed by atoms with Crippen LogP contribution in [0.1, 0.15) is 6.92 Å². The highest BCUT2D eigenvalue weighted by molar-refractivity contribution is 6.18. The summed E-state index contributed by atoms with van der Waals surface area (Å²) in [4.78, 5) is 10.2. The molecule has 0 bridgehead atoms. The molecule has 11 heavy (non-hydrogen) atoms. The van der Waals surface area contributed by atoms with Crippen LogP contribution >= 0.6 is 11.6 Å². The summed E-state index contributed by atoms with van der Waals surface area (Å²) >= 11 is 5.36. The summed E-state index contributed by atoms with van der Waals surface area (Å²) in [5, 5.41) is 8.54. The van der Waals surface area contributed by atoms with Gasteiger partial charge in [0, 0.05) is 6.92 Å². The smallest absolute Gasteiger partial charge is 0.304 e. The molecule has 0 spiro atoms. The van der Waals surface area contributed by atoms with Gasteiger partial charge in [0.2, 0.25) is 0 Å². The number of hydrogen-bond acceptors (Lipinski definition) is 4. The van der Waals surface area contributed by atoms with Crippen molar-refractivity contribution in [1.29, 1.82) is 0 Å². The number of aliphatic hydroxyl groups excluding tert-OH is 1. The van der Waals surface area contributed by atoms with Gasteiger partial charge in [0.25, 0.3) is 0 Å². The molecule has 0 saturated heterocycles. The molecule has 0 aromatic carbocycles. The molecule has 0 amide bonds. The maximum atomic E-state index is 10.2. The summed E-state index contributed by atoms with van der Waals surface area (Å²) in [5.74, 6) is -0.242. The number of esters is 1. The topological polar surface area (TPSA) is 55.8 Å². The molecule has 1 N–H and O–H groups in total. The Kier molecular flexibility index (Phi) is 6.21. The first-order chi connectivity index (χ1) is 5.20. The Bertz CT molecular complexity index is 113. The Hall–Kier alpha value is -0.320. The summed E-state index contributed by atoms with van der Waals surface area (Å²) < 4.78 is 9.27. The molecule has 4 nitrogen and oxygen atoms in total. The molecule has 1 unspecified atom stereocenters. The lowest BCUT2D eigenvalue weighted by molar-refractivity contribution is -0.158. The average molecular weight is 183 g/mol. The Morgan fingerprint density at radius 3 is 2.73 bits per heavy atom. The zero-order chi connectivity index (χ0) is 8.69. The first kappa shape index (κ1) is 10.7. The number of carbonyl (C=O) groups excluding carboxylic acids is 1. The number of rotatable bonds is 5. The van der Waals surface area contributed by atoms with Crippen LogP contribution in [0.5, 0.6) is 0 Å². The zero-order valence-corrected chi connectivity index (χ0v) is 7.00. The Morgan fingerprint density at radius 1 is 1.73 bits per heavy atom. The van der Waals surface area contributed by atoms with Crippen LogP contribution in [0.4, 0.5) is 0 Å². The molecule has 1 atom stereocenters. The van der Waals surface area contributed by atoms with Crippen LogP contribution in [-0.2, 0) is 14.3 Å².